The molecule has 1 N–H and O–H groups in total. The Bertz CT molecular complexity index is 761. The monoisotopic (exact) mass is 358 g/mol. The highest BCUT2D eigenvalue weighted by atomic mass is 35.5. The van der Waals surface area contributed by atoms with E-state index in [0.717, 1.165) is 6.42 Å². The summed E-state index contributed by atoms with van der Waals surface area (Å²) in [6.45, 7) is 0. The molecule has 2 bridgehead atoms. The largest absolute Gasteiger partial charge is 0.359 e. The van der Waals surface area contributed by atoms with Crippen LogP contribution in [0.3, 0.4) is 0 Å². The Hall–Kier alpha value is -2.14. The molecule has 0 spiro atoms. The maximum Gasteiger partial charge on any atom is 0.234 e. The maximum atomic E-state index is 13.1. The van der Waals surface area contributed by atoms with E-state index in [-0.39, 0.29) is 47.8 Å². The molecule has 1 saturated carbocycles. The predicted octanol–water partition coefficient (Wildman–Crippen LogP) is 2.32. The molecule has 1 aromatic rings. The number of rotatable bonds is 4. The summed E-state index contributed by atoms with van der Waals surface area (Å²) in [5.41, 5.74) is 0.634. The molecule has 4 rings (SSSR count). The molecule has 2 aliphatic carbocycles. The van der Waals surface area contributed by atoms with Crippen molar-refractivity contribution in [2.24, 2.45) is 23.7 Å². The first-order valence-corrected chi connectivity index (χ1v) is 8.91. The number of allylic oxidation sites excluding steroid dienone is 2. The topological polar surface area (TPSA) is 66.5 Å². The second-order valence-electron chi connectivity index (χ2n) is 6.96. The van der Waals surface area contributed by atoms with Crippen LogP contribution >= 0.6 is 11.6 Å². The standard InChI is InChI=1S/C19H19ClN2O3/c1-21-15(23)9-14(12-4-2-3-5-13(12)20)22-18(24)16-10-6-7-11(8-10)17(16)19(22)25/h2-7,10-11,14,16-17H,8-9H2,1H3,(H,21,23). The molecule has 3 aliphatic rings. The average Bonchev–Trinajstić information content (AvgIpc) is 3.28. The number of nitrogens with zero attached hydrogens (tertiary/aromatic N) is 1. The van der Waals surface area contributed by atoms with Crippen LogP contribution in [0.1, 0.15) is 24.4 Å². The Morgan fingerprint density at radius 2 is 1.80 bits per heavy atom. The van der Waals surface area contributed by atoms with Gasteiger partial charge in [-0.2, -0.15) is 0 Å². The minimum Gasteiger partial charge on any atom is -0.359 e. The van der Waals surface area contributed by atoms with Gasteiger partial charge in [-0.05, 0) is 29.9 Å². The first-order chi connectivity index (χ1) is 12.0. The van der Waals surface area contributed by atoms with Crippen LogP contribution in [0.5, 0.6) is 0 Å². The minimum absolute atomic E-state index is 0.0138. The van der Waals surface area contributed by atoms with E-state index in [1.54, 1.807) is 31.3 Å². The third-order valence-electron chi connectivity index (χ3n) is 5.74. The second-order valence-corrected chi connectivity index (χ2v) is 7.37. The molecule has 3 amide bonds. The van der Waals surface area contributed by atoms with Crippen LogP contribution in [-0.2, 0) is 14.4 Å². The number of hydrogen-bond donors (Lipinski definition) is 1. The van der Waals surface area contributed by atoms with Gasteiger partial charge in [0.15, 0.2) is 0 Å². The average molecular weight is 359 g/mol. The Labute approximate surface area is 151 Å². The molecule has 5 atom stereocenters. The number of fused-ring (bicyclic) bond motifs is 5. The fourth-order valence-corrected chi connectivity index (χ4v) is 4.86. The first-order valence-electron chi connectivity index (χ1n) is 8.53. The van der Waals surface area contributed by atoms with Crippen LogP contribution < -0.4 is 5.32 Å². The number of carbonyl (C=O) groups is 3. The lowest BCUT2D eigenvalue weighted by molar-refractivity contribution is -0.144. The number of benzene rings is 1. The number of imide groups is 1. The van der Waals surface area contributed by atoms with Crippen LogP contribution in [0, 0.1) is 23.7 Å². The highest BCUT2D eigenvalue weighted by Crippen LogP contribution is 2.54. The minimum atomic E-state index is -0.668. The van der Waals surface area contributed by atoms with Crippen LogP contribution in [0.15, 0.2) is 36.4 Å². The van der Waals surface area contributed by atoms with Crippen molar-refractivity contribution in [3.8, 4) is 0 Å². The fourth-order valence-electron chi connectivity index (χ4n) is 4.60. The van der Waals surface area contributed by atoms with Gasteiger partial charge >= 0.3 is 0 Å². The SMILES string of the molecule is CNC(=O)CC(c1ccccc1Cl)N1C(=O)C2C3C=CC(C3)C2C1=O. The summed E-state index contributed by atoms with van der Waals surface area (Å²) in [5.74, 6) is -0.842. The van der Waals surface area contributed by atoms with Gasteiger partial charge in [0.1, 0.15) is 0 Å². The van der Waals surface area contributed by atoms with Crippen molar-refractivity contribution < 1.29 is 14.4 Å². The van der Waals surface area contributed by atoms with Gasteiger partial charge in [-0.15, -0.1) is 0 Å². The van der Waals surface area contributed by atoms with Gasteiger partial charge in [-0.1, -0.05) is 42.0 Å². The summed E-state index contributed by atoms with van der Waals surface area (Å²) in [5, 5.41) is 3.03. The van der Waals surface area contributed by atoms with Crippen LogP contribution in [-0.4, -0.2) is 29.7 Å². The van der Waals surface area contributed by atoms with Crippen molar-refractivity contribution in [2.75, 3.05) is 7.05 Å². The number of hydrogen-bond acceptors (Lipinski definition) is 3. The Balaban J connectivity index is 1.73. The molecule has 5 nitrogen and oxygen atoms in total. The summed E-state index contributed by atoms with van der Waals surface area (Å²) in [4.78, 5) is 39.5. The van der Waals surface area contributed by atoms with Crippen LogP contribution in [0.25, 0.3) is 0 Å². The lowest BCUT2D eigenvalue weighted by Gasteiger charge is -2.28. The summed E-state index contributed by atoms with van der Waals surface area (Å²) in [6, 6.07) is 6.41. The fraction of sp³-hybridized carbons (Fsp3) is 0.421. The third kappa shape index (κ3) is 2.41. The van der Waals surface area contributed by atoms with E-state index in [9.17, 15) is 14.4 Å². The number of halogens is 1. The van der Waals surface area contributed by atoms with Gasteiger partial charge in [0.2, 0.25) is 17.7 Å². The number of carbonyl (C=O) groups excluding carboxylic acids is 3. The zero-order chi connectivity index (χ0) is 17.7. The van der Waals surface area contributed by atoms with Crippen LogP contribution in [0.4, 0.5) is 0 Å². The molecule has 1 aromatic carbocycles. The molecule has 0 aromatic heterocycles. The van der Waals surface area contributed by atoms with Crippen molar-refractivity contribution >= 4 is 29.3 Å². The van der Waals surface area contributed by atoms with Crippen molar-refractivity contribution in [1.82, 2.24) is 10.2 Å². The molecule has 2 fully saturated rings. The van der Waals surface area contributed by atoms with E-state index in [1.807, 2.05) is 0 Å². The van der Waals surface area contributed by atoms with E-state index in [4.69, 9.17) is 11.6 Å². The van der Waals surface area contributed by atoms with E-state index in [0.29, 0.717) is 10.6 Å². The molecular weight excluding hydrogens is 340 g/mol. The van der Waals surface area contributed by atoms with E-state index in [2.05, 4.69) is 17.5 Å². The van der Waals surface area contributed by atoms with Crippen LogP contribution in [0.2, 0.25) is 5.02 Å². The molecular formula is C19H19ClN2O3. The molecule has 0 radical (unpaired) electrons. The Morgan fingerprint density at radius 1 is 1.20 bits per heavy atom. The van der Waals surface area contributed by atoms with Crippen molar-refractivity contribution in [3.63, 3.8) is 0 Å². The predicted molar refractivity (Wildman–Crippen MR) is 92.4 cm³/mol. The van der Waals surface area contributed by atoms with Gasteiger partial charge < -0.3 is 5.32 Å². The maximum absolute atomic E-state index is 13.1. The molecule has 130 valence electrons. The van der Waals surface area contributed by atoms with Gasteiger partial charge in [-0.25, -0.2) is 0 Å². The van der Waals surface area contributed by atoms with Gasteiger partial charge in [0, 0.05) is 12.1 Å². The van der Waals surface area contributed by atoms with Crippen molar-refractivity contribution in [1.29, 1.82) is 0 Å². The quantitative estimate of drug-likeness (QED) is 0.663. The zero-order valence-electron chi connectivity index (χ0n) is 13.8. The molecule has 1 aliphatic heterocycles. The number of amides is 3. The third-order valence-corrected chi connectivity index (χ3v) is 6.08. The van der Waals surface area contributed by atoms with Gasteiger partial charge in [-0.3, -0.25) is 19.3 Å². The Morgan fingerprint density at radius 3 is 2.36 bits per heavy atom. The van der Waals surface area contributed by atoms with Crippen molar-refractivity contribution in [3.05, 3.63) is 47.0 Å². The highest BCUT2D eigenvalue weighted by Gasteiger charge is 2.60. The lowest BCUT2D eigenvalue weighted by Crippen LogP contribution is -2.39. The highest BCUT2D eigenvalue weighted by molar-refractivity contribution is 6.31. The summed E-state index contributed by atoms with van der Waals surface area (Å²) < 4.78 is 0. The Kier molecular flexibility index (Phi) is 3.91. The van der Waals surface area contributed by atoms with E-state index in [1.165, 1.54) is 4.90 Å². The zero-order valence-corrected chi connectivity index (χ0v) is 14.6. The van der Waals surface area contributed by atoms with E-state index < -0.39 is 6.04 Å². The number of nitrogens with one attached hydrogen (secondary N) is 1. The first kappa shape index (κ1) is 16.3. The number of likely N-dealkylation sites (tertiary alicyclic amines) is 1. The summed E-state index contributed by atoms with van der Waals surface area (Å²) in [6.07, 6.45) is 5.01. The molecule has 25 heavy (non-hydrogen) atoms. The van der Waals surface area contributed by atoms with Crippen molar-refractivity contribution in [2.45, 2.75) is 18.9 Å². The smallest absolute Gasteiger partial charge is 0.234 e. The molecule has 6 heteroatoms. The summed E-state index contributed by atoms with van der Waals surface area (Å²) >= 11 is 6.32. The summed E-state index contributed by atoms with van der Waals surface area (Å²) in [7, 11) is 1.54. The lowest BCUT2D eigenvalue weighted by atomic mass is 9.85. The van der Waals surface area contributed by atoms with Gasteiger partial charge in [0.25, 0.3) is 0 Å². The molecule has 5 unspecified atom stereocenters. The normalized spacial score (nSPS) is 30.7. The molecule has 1 heterocycles. The molecule has 1 saturated heterocycles. The van der Waals surface area contributed by atoms with E-state index >= 15 is 0 Å². The van der Waals surface area contributed by atoms with Gasteiger partial charge in [0.05, 0.1) is 24.3 Å². The second kappa shape index (κ2) is 5.99.